The van der Waals surface area contributed by atoms with Crippen molar-refractivity contribution in [3.05, 3.63) is 70.9 Å². The van der Waals surface area contributed by atoms with Crippen molar-refractivity contribution in [2.75, 3.05) is 26.3 Å². The molecule has 4 aromatic rings. The lowest BCUT2D eigenvalue weighted by Gasteiger charge is -2.37. The van der Waals surface area contributed by atoms with Gasteiger partial charge in [0.25, 0.3) is 5.91 Å². The molecule has 5 heterocycles. The van der Waals surface area contributed by atoms with Crippen LogP contribution in [0.1, 0.15) is 28.3 Å². The van der Waals surface area contributed by atoms with E-state index in [9.17, 15) is 4.79 Å². The topological polar surface area (TPSA) is 95.3 Å². The van der Waals surface area contributed by atoms with E-state index < -0.39 is 5.79 Å². The molecule has 2 aliphatic rings. The number of amides is 1. The molecule has 1 aromatic carbocycles. The van der Waals surface area contributed by atoms with E-state index in [1.165, 1.54) is 11.3 Å². The van der Waals surface area contributed by atoms with Crippen LogP contribution in [0.15, 0.2) is 65.4 Å². The highest BCUT2D eigenvalue weighted by Gasteiger charge is 2.41. The Morgan fingerprint density at radius 2 is 1.78 bits per heavy atom. The predicted molar refractivity (Wildman–Crippen MR) is 136 cm³/mol. The lowest BCUT2D eigenvalue weighted by Crippen LogP contribution is -2.47. The van der Waals surface area contributed by atoms with Gasteiger partial charge in [0.15, 0.2) is 16.8 Å². The van der Waals surface area contributed by atoms with Crippen molar-refractivity contribution in [2.24, 2.45) is 0 Å². The molecule has 2 saturated heterocycles. The Bertz CT molecular complexity index is 1330. The molecule has 11 heteroatoms. The maximum atomic E-state index is 13.0. The fourth-order valence-electron chi connectivity index (χ4n) is 4.46. The van der Waals surface area contributed by atoms with Gasteiger partial charge in [-0.3, -0.25) is 14.3 Å². The first-order valence-corrected chi connectivity index (χ1v) is 13.6. The van der Waals surface area contributed by atoms with E-state index in [0.717, 1.165) is 27.2 Å². The molecular weight excluding hydrogens is 496 g/mol. The Morgan fingerprint density at radius 3 is 2.53 bits per heavy atom. The van der Waals surface area contributed by atoms with Crippen LogP contribution in [0.2, 0.25) is 0 Å². The van der Waals surface area contributed by atoms with Gasteiger partial charge in [-0.25, -0.2) is 4.98 Å². The summed E-state index contributed by atoms with van der Waals surface area (Å²) in [5.74, 6) is 0.802. The largest absolute Gasteiger partial charge is 0.347 e. The second-order valence-corrected chi connectivity index (χ2v) is 10.4. The minimum Gasteiger partial charge on any atom is -0.347 e. The Morgan fingerprint density at radius 1 is 1.03 bits per heavy atom. The van der Waals surface area contributed by atoms with Gasteiger partial charge >= 0.3 is 0 Å². The molecule has 184 valence electrons. The van der Waals surface area contributed by atoms with Crippen molar-refractivity contribution < 1.29 is 14.3 Å². The summed E-state index contributed by atoms with van der Waals surface area (Å²) < 4.78 is 13.6. The molecule has 0 atom stereocenters. The monoisotopic (exact) mass is 520 g/mol. The van der Waals surface area contributed by atoms with Crippen LogP contribution in [0.4, 0.5) is 0 Å². The average molecular weight is 521 g/mol. The number of hydrogen-bond donors (Lipinski definition) is 0. The maximum absolute atomic E-state index is 13.0. The number of pyridine rings is 1. The first-order chi connectivity index (χ1) is 17.7. The summed E-state index contributed by atoms with van der Waals surface area (Å²) in [4.78, 5) is 23.6. The second-order valence-electron chi connectivity index (χ2n) is 8.53. The zero-order chi connectivity index (χ0) is 24.4. The van der Waals surface area contributed by atoms with Gasteiger partial charge in [0.1, 0.15) is 10.7 Å². The zero-order valence-corrected chi connectivity index (χ0v) is 21.1. The van der Waals surface area contributed by atoms with Crippen LogP contribution >= 0.6 is 23.1 Å². The minimum absolute atomic E-state index is 0.0391. The predicted octanol–water partition coefficient (Wildman–Crippen LogP) is 4.06. The van der Waals surface area contributed by atoms with Crippen LogP contribution < -0.4 is 0 Å². The molecule has 0 aliphatic carbocycles. The lowest BCUT2D eigenvalue weighted by molar-refractivity contribution is -0.181. The number of thioether (sulfide) groups is 1. The Hall–Kier alpha value is -3.12. The van der Waals surface area contributed by atoms with Crippen LogP contribution in [0, 0.1) is 0 Å². The van der Waals surface area contributed by atoms with Crippen molar-refractivity contribution in [3.63, 3.8) is 0 Å². The molecule has 0 saturated carbocycles. The third-order valence-electron chi connectivity index (χ3n) is 6.31. The van der Waals surface area contributed by atoms with E-state index in [4.69, 9.17) is 9.47 Å². The van der Waals surface area contributed by atoms with E-state index in [1.807, 2.05) is 57.3 Å². The number of carbonyl (C=O) groups is 1. The molecule has 0 unspecified atom stereocenters. The van der Waals surface area contributed by atoms with Gasteiger partial charge in [0.2, 0.25) is 0 Å². The number of thiazole rings is 1. The summed E-state index contributed by atoms with van der Waals surface area (Å²) in [6.07, 6.45) is 4.88. The molecule has 1 spiro atoms. The van der Waals surface area contributed by atoms with E-state index in [2.05, 4.69) is 20.2 Å². The van der Waals surface area contributed by atoms with Crippen LogP contribution in [0.25, 0.3) is 17.1 Å². The maximum Gasteiger partial charge on any atom is 0.273 e. The molecule has 0 radical (unpaired) electrons. The number of hydrogen-bond acceptors (Lipinski definition) is 9. The van der Waals surface area contributed by atoms with Crippen LogP contribution in [-0.4, -0.2) is 67.6 Å². The van der Waals surface area contributed by atoms with E-state index in [0.29, 0.717) is 50.6 Å². The lowest BCUT2D eigenvalue weighted by atomic mass is 10.0. The molecule has 2 fully saturated rings. The molecule has 36 heavy (non-hydrogen) atoms. The summed E-state index contributed by atoms with van der Waals surface area (Å²) >= 11 is 3.04. The summed E-state index contributed by atoms with van der Waals surface area (Å²) in [5.41, 5.74) is 2.40. The fraction of sp³-hybridized carbons (Fsp3) is 0.320. The highest BCUT2D eigenvalue weighted by Crippen LogP contribution is 2.33. The standard InChI is InChI=1S/C25H24N6O3S2/c32-23(30-12-8-25(9-13-30)33-14-15-34-25)20-16-35-21(27-20)17-36-24-29-28-22(18-6-10-26-11-7-18)31(24)19-4-2-1-3-5-19/h1-7,10-11,16H,8-9,12-15,17H2. The number of benzene rings is 1. The van der Waals surface area contributed by atoms with Crippen LogP contribution in [-0.2, 0) is 15.2 Å². The van der Waals surface area contributed by atoms with Crippen molar-refractivity contribution >= 4 is 29.0 Å². The minimum atomic E-state index is -0.496. The Balaban J connectivity index is 1.16. The summed E-state index contributed by atoms with van der Waals surface area (Å²) in [6.45, 7) is 2.48. The molecule has 0 bridgehead atoms. The smallest absolute Gasteiger partial charge is 0.273 e. The van der Waals surface area contributed by atoms with Gasteiger partial charge in [-0.1, -0.05) is 30.0 Å². The summed E-state index contributed by atoms with van der Waals surface area (Å²) in [7, 11) is 0. The number of aromatic nitrogens is 5. The van der Waals surface area contributed by atoms with Crippen molar-refractivity contribution in [1.82, 2.24) is 29.6 Å². The Kier molecular flexibility index (Phi) is 6.53. The molecule has 0 N–H and O–H groups in total. The average Bonchev–Trinajstić information content (AvgIpc) is 3.69. The zero-order valence-electron chi connectivity index (χ0n) is 19.4. The van der Waals surface area contributed by atoms with Gasteiger partial charge < -0.3 is 14.4 Å². The SMILES string of the molecule is O=C(c1csc(CSc2nnc(-c3ccncc3)n2-c2ccccc2)n1)N1CCC2(CC1)OCCO2. The number of ether oxygens (including phenoxy) is 2. The molecule has 6 rings (SSSR count). The van der Waals surface area contributed by atoms with E-state index in [-0.39, 0.29) is 5.91 Å². The Labute approximate surface area is 216 Å². The van der Waals surface area contributed by atoms with Gasteiger partial charge in [-0.15, -0.1) is 21.5 Å². The number of carbonyl (C=O) groups excluding carboxylic acids is 1. The number of para-hydroxylation sites is 1. The molecular formula is C25H24N6O3S2. The highest BCUT2D eigenvalue weighted by molar-refractivity contribution is 7.98. The van der Waals surface area contributed by atoms with Gasteiger partial charge in [0.05, 0.1) is 19.0 Å². The highest BCUT2D eigenvalue weighted by atomic mass is 32.2. The first kappa shape index (κ1) is 23.3. The molecule has 2 aliphatic heterocycles. The van der Waals surface area contributed by atoms with Gasteiger partial charge in [-0.2, -0.15) is 0 Å². The van der Waals surface area contributed by atoms with E-state index >= 15 is 0 Å². The van der Waals surface area contributed by atoms with Crippen LogP contribution in [0.3, 0.4) is 0 Å². The van der Waals surface area contributed by atoms with Crippen molar-refractivity contribution in [3.8, 4) is 17.1 Å². The summed E-state index contributed by atoms with van der Waals surface area (Å²) in [5, 5.41) is 12.4. The number of nitrogens with zero attached hydrogens (tertiary/aromatic N) is 6. The fourth-order valence-corrected chi connectivity index (χ4v) is 6.20. The van der Waals surface area contributed by atoms with Crippen LogP contribution in [0.5, 0.6) is 0 Å². The number of likely N-dealkylation sites (tertiary alicyclic amines) is 1. The molecule has 1 amide bonds. The number of piperidine rings is 1. The number of rotatable bonds is 6. The van der Waals surface area contributed by atoms with Gasteiger partial charge in [-0.05, 0) is 24.3 Å². The normalized spacial score (nSPS) is 17.1. The third kappa shape index (κ3) is 4.66. The van der Waals surface area contributed by atoms with Gasteiger partial charge in [0, 0.05) is 55.0 Å². The van der Waals surface area contributed by atoms with Crippen molar-refractivity contribution in [2.45, 2.75) is 29.5 Å². The van der Waals surface area contributed by atoms with E-state index in [1.54, 1.807) is 24.2 Å². The first-order valence-electron chi connectivity index (χ1n) is 11.8. The summed E-state index contributed by atoms with van der Waals surface area (Å²) in [6, 6.07) is 13.9. The quantitative estimate of drug-likeness (QED) is 0.351. The second kappa shape index (κ2) is 10.1. The van der Waals surface area contributed by atoms with Crippen molar-refractivity contribution in [1.29, 1.82) is 0 Å². The third-order valence-corrected chi connectivity index (χ3v) is 8.28. The molecule has 9 nitrogen and oxygen atoms in total. The molecule has 3 aromatic heterocycles.